The van der Waals surface area contributed by atoms with Crippen LogP contribution in [0.3, 0.4) is 0 Å². The van der Waals surface area contributed by atoms with Gasteiger partial charge in [0.05, 0.1) is 12.3 Å². The van der Waals surface area contributed by atoms with Crippen LogP contribution in [0, 0.1) is 10.1 Å². The number of rotatable bonds is 1. The highest BCUT2D eigenvalue weighted by atomic mass is 16.6. The van der Waals surface area contributed by atoms with Crippen LogP contribution in [0.15, 0.2) is 12.3 Å². The van der Waals surface area contributed by atoms with Crippen LogP contribution in [-0.4, -0.2) is 14.8 Å². The van der Waals surface area contributed by atoms with Crippen LogP contribution in [0.4, 0.5) is 5.82 Å². The molecule has 0 aromatic carbocycles. The van der Waals surface area contributed by atoms with Crippen molar-refractivity contribution in [1.29, 1.82) is 0 Å². The van der Waals surface area contributed by atoms with E-state index in [0.29, 0.717) is 4.79 Å². The molecule has 0 spiro atoms. The normalized spacial score (nSPS) is 9.33. The first-order valence-electron chi connectivity index (χ1n) is 2.15. The van der Waals surface area contributed by atoms with E-state index < -0.39 is 4.92 Å². The van der Waals surface area contributed by atoms with Crippen molar-refractivity contribution in [3.8, 4) is 0 Å². The Morgan fingerprint density at radius 2 is 2.56 bits per heavy atom. The van der Waals surface area contributed by atoms with Gasteiger partial charge in [-0.3, -0.25) is 0 Å². The third-order valence-electron chi connectivity index (χ3n) is 0.836. The SMILES string of the molecule is Nn1nccc1[N+](=O)[O-]. The summed E-state index contributed by atoms with van der Waals surface area (Å²) < 4.78 is 0. The Bertz CT molecular complexity index is 229. The molecule has 0 aliphatic heterocycles. The van der Waals surface area contributed by atoms with Crippen molar-refractivity contribution in [3.63, 3.8) is 0 Å². The second-order valence-electron chi connectivity index (χ2n) is 1.39. The van der Waals surface area contributed by atoms with Crippen LogP contribution in [0.5, 0.6) is 0 Å². The van der Waals surface area contributed by atoms with Gasteiger partial charge in [0.1, 0.15) is 0 Å². The molecule has 0 saturated carbocycles. The van der Waals surface area contributed by atoms with Crippen LogP contribution in [-0.2, 0) is 0 Å². The fraction of sp³-hybridized carbons (Fsp3) is 0. The molecular formula is C3H4N4O2. The first-order chi connectivity index (χ1) is 4.22. The number of hydrogen-bond donors (Lipinski definition) is 1. The molecule has 0 unspecified atom stereocenters. The molecule has 2 N–H and O–H groups in total. The van der Waals surface area contributed by atoms with E-state index in [4.69, 9.17) is 5.84 Å². The van der Waals surface area contributed by atoms with E-state index in [-0.39, 0.29) is 5.82 Å². The maximum absolute atomic E-state index is 9.95. The Labute approximate surface area is 50.0 Å². The van der Waals surface area contributed by atoms with Crippen LogP contribution >= 0.6 is 0 Å². The van der Waals surface area contributed by atoms with Gasteiger partial charge >= 0.3 is 5.82 Å². The first-order valence-corrected chi connectivity index (χ1v) is 2.15. The lowest BCUT2D eigenvalue weighted by Crippen LogP contribution is -2.12. The van der Waals surface area contributed by atoms with Crippen LogP contribution in [0.1, 0.15) is 0 Å². The Morgan fingerprint density at radius 3 is 2.78 bits per heavy atom. The van der Waals surface area contributed by atoms with E-state index >= 15 is 0 Å². The molecule has 1 aromatic heterocycles. The van der Waals surface area contributed by atoms with E-state index in [2.05, 4.69) is 5.10 Å². The second-order valence-corrected chi connectivity index (χ2v) is 1.39. The summed E-state index contributed by atoms with van der Waals surface area (Å²) in [7, 11) is 0. The Morgan fingerprint density at radius 1 is 1.89 bits per heavy atom. The molecule has 0 aliphatic rings. The second kappa shape index (κ2) is 1.73. The third kappa shape index (κ3) is 0.809. The standard InChI is InChI=1S/C3H4N4O2/c4-6-3(7(8)9)1-2-5-6/h1-2H,4H2. The van der Waals surface area contributed by atoms with Gasteiger partial charge in [-0.15, -0.1) is 0 Å². The van der Waals surface area contributed by atoms with Crippen molar-refractivity contribution in [2.45, 2.75) is 0 Å². The van der Waals surface area contributed by atoms with Crippen molar-refractivity contribution in [3.05, 3.63) is 22.4 Å². The summed E-state index contributed by atoms with van der Waals surface area (Å²) in [6.45, 7) is 0. The van der Waals surface area contributed by atoms with Gasteiger partial charge in [-0.05, 0) is 9.71 Å². The molecule has 6 nitrogen and oxygen atoms in total. The molecule has 48 valence electrons. The van der Waals surface area contributed by atoms with Gasteiger partial charge in [-0.1, -0.05) is 5.10 Å². The molecule has 0 saturated heterocycles. The fourth-order valence-electron chi connectivity index (χ4n) is 0.452. The molecule has 6 heteroatoms. The molecule has 1 aromatic rings. The monoisotopic (exact) mass is 128 g/mol. The quantitative estimate of drug-likeness (QED) is 0.314. The summed E-state index contributed by atoms with van der Waals surface area (Å²) in [4.78, 5) is 10.1. The van der Waals surface area contributed by atoms with E-state index in [0.717, 1.165) is 0 Å². The number of nitro groups is 1. The predicted molar refractivity (Wildman–Crippen MR) is 29.0 cm³/mol. The maximum Gasteiger partial charge on any atom is 0.368 e. The van der Waals surface area contributed by atoms with Crippen LogP contribution in [0.25, 0.3) is 0 Å². The van der Waals surface area contributed by atoms with Crippen molar-refractivity contribution < 1.29 is 4.92 Å². The summed E-state index contributed by atoms with van der Waals surface area (Å²) >= 11 is 0. The molecule has 0 amide bonds. The Balaban J connectivity index is 3.08. The van der Waals surface area contributed by atoms with Gasteiger partial charge in [-0.2, -0.15) is 0 Å². The van der Waals surface area contributed by atoms with Crippen molar-refractivity contribution >= 4 is 5.82 Å². The van der Waals surface area contributed by atoms with Crippen molar-refractivity contribution in [2.75, 3.05) is 5.84 Å². The van der Waals surface area contributed by atoms with E-state index in [1.165, 1.54) is 12.3 Å². The molecule has 1 rings (SSSR count). The predicted octanol–water partition coefficient (Wildman–Crippen LogP) is -0.495. The topological polar surface area (TPSA) is 87.0 Å². The Hall–Kier alpha value is -1.59. The average molecular weight is 128 g/mol. The summed E-state index contributed by atoms with van der Waals surface area (Å²) in [6.07, 6.45) is 1.26. The van der Waals surface area contributed by atoms with Gasteiger partial charge < -0.3 is 10.1 Å². The zero-order chi connectivity index (χ0) is 6.85. The van der Waals surface area contributed by atoms with E-state index in [1.54, 1.807) is 0 Å². The highest BCUT2D eigenvalue weighted by Gasteiger charge is 2.08. The van der Waals surface area contributed by atoms with Crippen molar-refractivity contribution in [2.24, 2.45) is 0 Å². The highest BCUT2D eigenvalue weighted by molar-refractivity contribution is 5.15. The molecule has 0 radical (unpaired) electrons. The molecule has 1 heterocycles. The third-order valence-corrected chi connectivity index (χ3v) is 0.836. The van der Waals surface area contributed by atoms with Gasteiger partial charge in [0.2, 0.25) is 0 Å². The van der Waals surface area contributed by atoms with E-state index in [9.17, 15) is 10.1 Å². The minimum atomic E-state index is -0.604. The molecule has 0 bridgehead atoms. The summed E-state index contributed by atoms with van der Waals surface area (Å²) in [5.74, 6) is 4.79. The van der Waals surface area contributed by atoms with Crippen LogP contribution in [0.2, 0.25) is 0 Å². The van der Waals surface area contributed by atoms with Gasteiger partial charge in [0.25, 0.3) is 0 Å². The minimum Gasteiger partial charge on any atom is -0.358 e. The lowest BCUT2D eigenvalue weighted by molar-refractivity contribution is -0.391. The fourth-order valence-corrected chi connectivity index (χ4v) is 0.452. The number of aromatic nitrogens is 2. The maximum atomic E-state index is 9.95. The zero-order valence-corrected chi connectivity index (χ0v) is 4.39. The lowest BCUT2D eigenvalue weighted by Gasteiger charge is -1.88. The molecule has 0 fully saturated rings. The minimum absolute atomic E-state index is 0.213. The molecule has 0 atom stereocenters. The van der Waals surface area contributed by atoms with Crippen LogP contribution < -0.4 is 5.84 Å². The van der Waals surface area contributed by atoms with E-state index in [1.807, 2.05) is 0 Å². The number of nitrogens with zero attached hydrogens (tertiary/aromatic N) is 3. The van der Waals surface area contributed by atoms with Gasteiger partial charge in [-0.25, -0.2) is 5.84 Å². The number of nitrogens with two attached hydrogens (primary N) is 1. The smallest absolute Gasteiger partial charge is 0.358 e. The molecular weight excluding hydrogens is 124 g/mol. The Kier molecular flexibility index (Phi) is 1.07. The molecule has 9 heavy (non-hydrogen) atoms. The highest BCUT2D eigenvalue weighted by Crippen LogP contribution is 2.03. The zero-order valence-electron chi connectivity index (χ0n) is 4.39. The largest absolute Gasteiger partial charge is 0.368 e. The van der Waals surface area contributed by atoms with Gasteiger partial charge in [0.15, 0.2) is 0 Å². The summed E-state index contributed by atoms with van der Waals surface area (Å²) in [5.41, 5.74) is 0. The number of nitrogen functional groups attached to an aromatic ring is 1. The van der Waals surface area contributed by atoms with Gasteiger partial charge in [0, 0.05) is 0 Å². The number of hydrogen-bond acceptors (Lipinski definition) is 4. The average Bonchev–Trinajstić information content (AvgIpc) is 2.13. The molecule has 0 aliphatic carbocycles. The lowest BCUT2D eigenvalue weighted by atomic mass is 10.7. The summed E-state index contributed by atoms with van der Waals surface area (Å²) in [5, 5.41) is 13.3. The van der Waals surface area contributed by atoms with Crippen molar-refractivity contribution in [1.82, 2.24) is 9.89 Å². The first kappa shape index (κ1) is 5.54. The summed E-state index contributed by atoms with van der Waals surface area (Å²) in [6, 6.07) is 1.22.